The minimum Gasteiger partial charge on any atom is -0.497 e. The van der Waals surface area contributed by atoms with E-state index in [0.717, 1.165) is 17.8 Å². The van der Waals surface area contributed by atoms with Crippen LogP contribution < -0.4 is 4.74 Å². The number of nitrogens with zero attached hydrogens (tertiary/aromatic N) is 3. The fraction of sp³-hybridized carbons (Fsp3) is 0.483. The highest BCUT2D eigenvalue weighted by atomic mass is 32.2. The van der Waals surface area contributed by atoms with Crippen molar-refractivity contribution in [2.75, 3.05) is 28.3 Å². The molecule has 6 nitrogen and oxygen atoms in total. The third-order valence-electron chi connectivity index (χ3n) is 8.45. The van der Waals surface area contributed by atoms with Gasteiger partial charge < -0.3 is 9.30 Å². The number of hydrogen-bond donors (Lipinski definition) is 0. The first-order valence-electron chi connectivity index (χ1n) is 13.1. The molecule has 7 heteroatoms. The van der Waals surface area contributed by atoms with Crippen molar-refractivity contribution in [2.24, 2.45) is 5.92 Å². The van der Waals surface area contributed by atoms with E-state index in [-0.39, 0.29) is 5.91 Å². The van der Waals surface area contributed by atoms with E-state index >= 15 is 0 Å². The van der Waals surface area contributed by atoms with Gasteiger partial charge in [0, 0.05) is 49.7 Å². The molecule has 3 aliphatic rings. The zero-order chi connectivity index (χ0) is 25.1. The van der Waals surface area contributed by atoms with E-state index in [2.05, 4.69) is 28.8 Å². The van der Waals surface area contributed by atoms with E-state index in [1.54, 1.807) is 32.6 Å². The van der Waals surface area contributed by atoms with E-state index in [1.165, 1.54) is 70.6 Å². The lowest BCUT2D eigenvalue weighted by Crippen LogP contribution is -2.36. The Kier molecular flexibility index (Phi) is 5.96. The molecule has 1 aliphatic heterocycles. The van der Waals surface area contributed by atoms with Gasteiger partial charge >= 0.3 is 0 Å². The molecule has 0 bridgehead atoms. The minimum atomic E-state index is -1.52. The zero-order valence-electron chi connectivity index (χ0n) is 21.6. The average molecular weight is 506 g/mol. The number of fused-ring (bicyclic) bond motifs is 7. The van der Waals surface area contributed by atoms with Crippen LogP contribution in [0.25, 0.3) is 22.2 Å². The summed E-state index contributed by atoms with van der Waals surface area (Å²) in [5, 5.41) is 1.27. The van der Waals surface area contributed by atoms with Gasteiger partial charge in [0.1, 0.15) is 5.75 Å². The summed E-state index contributed by atoms with van der Waals surface area (Å²) < 4.78 is 23.5. The number of amides is 1. The van der Waals surface area contributed by atoms with Gasteiger partial charge in [-0.05, 0) is 78.5 Å². The Labute approximate surface area is 215 Å². The summed E-state index contributed by atoms with van der Waals surface area (Å²) in [6.07, 6.45) is 7.49. The maximum Gasteiger partial charge on any atom is 0.266 e. The van der Waals surface area contributed by atoms with Crippen molar-refractivity contribution in [2.45, 2.75) is 56.9 Å². The molecule has 3 aromatic rings. The molecule has 0 N–H and O–H groups in total. The summed E-state index contributed by atoms with van der Waals surface area (Å²) in [5.41, 5.74) is 7.27. The summed E-state index contributed by atoms with van der Waals surface area (Å²) in [6, 6.07) is 12.7. The van der Waals surface area contributed by atoms with Crippen LogP contribution in [0.3, 0.4) is 0 Å². The maximum absolute atomic E-state index is 13.3. The van der Waals surface area contributed by atoms with Gasteiger partial charge in [-0.25, -0.2) is 12.8 Å². The second-order valence-corrected chi connectivity index (χ2v) is 12.6. The second-order valence-electron chi connectivity index (χ2n) is 10.8. The summed E-state index contributed by atoms with van der Waals surface area (Å²) >= 11 is -1.52. The van der Waals surface area contributed by atoms with Crippen molar-refractivity contribution in [3.63, 3.8) is 0 Å². The van der Waals surface area contributed by atoms with Gasteiger partial charge in [0.2, 0.25) is 11.2 Å². The summed E-state index contributed by atoms with van der Waals surface area (Å²) in [7, 11) is 6.77. The number of benzene rings is 2. The zero-order valence-corrected chi connectivity index (χ0v) is 22.4. The first kappa shape index (κ1) is 23.7. The van der Waals surface area contributed by atoms with Crippen LogP contribution in [-0.4, -0.2) is 51.5 Å². The van der Waals surface area contributed by atoms with Crippen LogP contribution in [-0.2, 0) is 17.7 Å². The molecule has 2 heterocycles. The van der Waals surface area contributed by atoms with Gasteiger partial charge in [0.25, 0.3) is 5.91 Å². The largest absolute Gasteiger partial charge is 0.497 e. The molecule has 2 fully saturated rings. The Hall–Kier alpha value is -2.64. The predicted molar refractivity (Wildman–Crippen MR) is 145 cm³/mol. The Bertz CT molecular complexity index is 1370. The Morgan fingerprint density at radius 1 is 1.06 bits per heavy atom. The molecule has 6 rings (SSSR count). The molecule has 2 saturated carbocycles. The van der Waals surface area contributed by atoms with Crippen molar-refractivity contribution in [3.05, 3.63) is 53.1 Å². The van der Waals surface area contributed by atoms with E-state index < -0.39 is 11.2 Å². The monoisotopic (exact) mass is 505 g/mol. The fourth-order valence-electron chi connectivity index (χ4n) is 6.55. The van der Waals surface area contributed by atoms with Crippen molar-refractivity contribution >= 4 is 28.0 Å². The number of carbonyl (C=O) groups excluding carboxylic acids is 1. The lowest BCUT2D eigenvalue weighted by Gasteiger charge is -2.24. The van der Waals surface area contributed by atoms with Crippen molar-refractivity contribution in [1.29, 1.82) is 0 Å². The minimum absolute atomic E-state index is 0.221. The highest BCUT2D eigenvalue weighted by Gasteiger charge is 2.44. The van der Waals surface area contributed by atoms with Crippen LogP contribution in [0.5, 0.6) is 5.75 Å². The lowest BCUT2D eigenvalue weighted by molar-refractivity contribution is 0.0884. The SMILES string of the molecule is COc1ccc2c(c1)C1CC1Cn1c-2c(C2CCCCC2)c2ccc(C(=O)N(C)S(=O)N(C)C)cc21. The second kappa shape index (κ2) is 9.03. The first-order valence-corrected chi connectivity index (χ1v) is 14.2. The number of carbonyl (C=O) groups is 1. The number of methoxy groups -OCH3 is 1. The number of rotatable bonds is 5. The third kappa shape index (κ3) is 3.79. The molecular weight excluding hydrogens is 470 g/mol. The Morgan fingerprint density at radius 3 is 2.56 bits per heavy atom. The van der Waals surface area contributed by atoms with Gasteiger partial charge in [-0.15, -0.1) is 0 Å². The standard InChI is InChI=1S/C29H35N3O3S/c1-30(2)36(34)31(3)29(33)19-10-12-23-26(15-19)32-17-20-14-24(20)25-16-21(35-4)11-13-22(25)28(32)27(23)18-8-6-5-7-9-18/h10-13,15-16,18,20,24H,5-9,14,17H2,1-4H3. The fourth-order valence-corrected chi connectivity index (χ4v) is 7.28. The molecule has 3 atom stereocenters. The highest BCUT2D eigenvalue weighted by molar-refractivity contribution is 7.80. The Balaban J connectivity index is 1.56. The number of hydrogen-bond acceptors (Lipinski definition) is 3. The van der Waals surface area contributed by atoms with Crippen LogP contribution in [0.2, 0.25) is 0 Å². The van der Waals surface area contributed by atoms with Gasteiger partial charge in [-0.2, -0.15) is 0 Å². The average Bonchev–Trinajstić information content (AvgIpc) is 3.62. The molecular formula is C29H35N3O3S. The highest BCUT2D eigenvalue weighted by Crippen LogP contribution is 2.57. The first-order chi connectivity index (χ1) is 17.4. The van der Waals surface area contributed by atoms with Crippen LogP contribution in [0.1, 0.15) is 71.8 Å². The molecule has 0 radical (unpaired) electrons. The van der Waals surface area contributed by atoms with Gasteiger partial charge in [0.15, 0.2) is 0 Å². The van der Waals surface area contributed by atoms with Crippen LogP contribution in [0.4, 0.5) is 0 Å². The van der Waals surface area contributed by atoms with Gasteiger partial charge in [-0.3, -0.25) is 4.79 Å². The van der Waals surface area contributed by atoms with E-state index in [1.807, 2.05) is 12.1 Å². The predicted octanol–water partition coefficient (Wildman–Crippen LogP) is 5.69. The molecule has 190 valence electrons. The molecule has 2 aromatic carbocycles. The summed E-state index contributed by atoms with van der Waals surface area (Å²) in [6.45, 7) is 0.970. The van der Waals surface area contributed by atoms with E-state index in [0.29, 0.717) is 23.3 Å². The molecule has 3 unspecified atom stereocenters. The quantitative estimate of drug-likeness (QED) is 0.447. The van der Waals surface area contributed by atoms with Gasteiger partial charge in [-0.1, -0.05) is 25.3 Å². The van der Waals surface area contributed by atoms with E-state index in [9.17, 15) is 9.00 Å². The number of aromatic nitrogens is 1. The number of ether oxygens (including phenoxy) is 1. The van der Waals surface area contributed by atoms with Crippen LogP contribution in [0, 0.1) is 5.92 Å². The maximum atomic E-state index is 13.3. The van der Waals surface area contributed by atoms with Crippen molar-refractivity contribution in [3.8, 4) is 17.0 Å². The lowest BCUT2D eigenvalue weighted by atomic mass is 9.81. The topological polar surface area (TPSA) is 54.8 Å². The third-order valence-corrected chi connectivity index (χ3v) is 9.71. The molecule has 1 aromatic heterocycles. The normalized spacial score (nSPS) is 21.9. The molecule has 0 saturated heterocycles. The molecule has 1 amide bonds. The van der Waals surface area contributed by atoms with Crippen LogP contribution >= 0.6 is 0 Å². The van der Waals surface area contributed by atoms with Crippen molar-refractivity contribution < 1.29 is 13.7 Å². The Morgan fingerprint density at radius 2 is 1.83 bits per heavy atom. The smallest absolute Gasteiger partial charge is 0.266 e. The molecule has 0 spiro atoms. The summed E-state index contributed by atoms with van der Waals surface area (Å²) in [5.74, 6) is 2.42. The summed E-state index contributed by atoms with van der Waals surface area (Å²) in [4.78, 5) is 13.3. The van der Waals surface area contributed by atoms with Gasteiger partial charge in [0.05, 0.1) is 12.8 Å². The molecule has 36 heavy (non-hydrogen) atoms. The van der Waals surface area contributed by atoms with Crippen molar-refractivity contribution in [1.82, 2.24) is 13.2 Å². The van der Waals surface area contributed by atoms with Crippen LogP contribution in [0.15, 0.2) is 36.4 Å². The molecule has 2 aliphatic carbocycles. The van der Waals surface area contributed by atoms with E-state index in [4.69, 9.17) is 4.74 Å².